The Bertz CT molecular complexity index is 630. The molecule has 0 aromatic heterocycles. The lowest BCUT2D eigenvalue weighted by Gasteiger charge is -2.19. The SMILES string of the molecule is CCC(C)CN1C(=O)CS/C1=N\c1ccc([N+](=O)[O-])c(C)c1. The Kier molecular flexibility index (Phi) is 5.18. The molecule has 7 heteroatoms. The minimum Gasteiger partial charge on any atom is -0.290 e. The van der Waals surface area contributed by atoms with E-state index >= 15 is 0 Å². The molecule has 0 spiro atoms. The molecule has 0 saturated carbocycles. The first-order valence-corrected chi connectivity index (χ1v) is 8.17. The van der Waals surface area contributed by atoms with Crippen LogP contribution in [0.1, 0.15) is 25.8 Å². The van der Waals surface area contributed by atoms with Gasteiger partial charge in [0.15, 0.2) is 5.17 Å². The summed E-state index contributed by atoms with van der Waals surface area (Å²) in [5.41, 5.74) is 1.28. The molecular formula is C15H19N3O3S. The van der Waals surface area contributed by atoms with E-state index in [9.17, 15) is 14.9 Å². The highest BCUT2D eigenvalue weighted by molar-refractivity contribution is 8.15. The average Bonchev–Trinajstić information content (AvgIpc) is 2.79. The molecule has 1 aliphatic rings. The second-order valence-corrected chi connectivity index (χ2v) is 6.37. The molecule has 22 heavy (non-hydrogen) atoms. The Balaban J connectivity index is 2.25. The molecule has 1 fully saturated rings. The summed E-state index contributed by atoms with van der Waals surface area (Å²) >= 11 is 1.41. The van der Waals surface area contributed by atoms with Crippen LogP contribution in [0.15, 0.2) is 23.2 Å². The molecule has 0 radical (unpaired) electrons. The van der Waals surface area contributed by atoms with Crippen molar-refractivity contribution in [1.82, 2.24) is 4.90 Å². The minimum absolute atomic E-state index is 0.0719. The highest BCUT2D eigenvalue weighted by atomic mass is 32.2. The van der Waals surface area contributed by atoms with Crippen molar-refractivity contribution in [2.75, 3.05) is 12.3 Å². The number of aliphatic imine (C=N–C) groups is 1. The van der Waals surface area contributed by atoms with Gasteiger partial charge in [-0.05, 0) is 25.0 Å². The molecule has 6 nitrogen and oxygen atoms in total. The maximum absolute atomic E-state index is 12.0. The average molecular weight is 321 g/mol. The molecule has 1 atom stereocenters. The number of nitro benzene ring substituents is 1. The molecule has 0 aliphatic carbocycles. The van der Waals surface area contributed by atoms with E-state index in [1.54, 1.807) is 24.0 Å². The summed E-state index contributed by atoms with van der Waals surface area (Å²) in [7, 11) is 0. The van der Waals surface area contributed by atoms with Crippen LogP contribution in [0.5, 0.6) is 0 Å². The van der Waals surface area contributed by atoms with E-state index < -0.39 is 4.92 Å². The van der Waals surface area contributed by atoms with Crippen LogP contribution in [0, 0.1) is 23.0 Å². The summed E-state index contributed by atoms with van der Waals surface area (Å²) in [5.74, 6) is 0.885. The summed E-state index contributed by atoms with van der Waals surface area (Å²) in [4.78, 5) is 28.6. The van der Waals surface area contributed by atoms with Gasteiger partial charge in [-0.1, -0.05) is 32.0 Å². The third kappa shape index (κ3) is 3.65. The molecule has 1 unspecified atom stereocenters. The number of thioether (sulfide) groups is 1. The number of carbonyl (C=O) groups excluding carboxylic acids is 1. The Labute approximate surface area is 133 Å². The van der Waals surface area contributed by atoms with Crippen LogP contribution in [-0.2, 0) is 4.79 Å². The molecule has 1 saturated heterocycles. The van der Waals surface area contributed by atoms with Gasteiger partial charge in [-0.2, -0.15) is 0 Å². The molecule has 1 aromatic rings. The Morgan fingerprint density at radius 1 is 1.50 bits per heavy atom. The Hall–Kier alpha value is -1.89. The van der Waals surface area contributed by atoms with Gasteiger partial charge in [0.25, 0.3) is 5.69 Å². The molecule has 1 aliphatic heterocycles. The predicted octanol–water partition coefficient (Wildman–Crippen LogP) is 3.51. The van der Waals surface area contributed by atoms with E-state index in [1.807, 2.05) is 0 Å². The zero-order valence-corrected chi connectivity index (χ0v) is 13.7. The monoisotopic (exact) mass is 321 g/mol. The van der Waals surface area contributed by atoms with Crippen molar-refractivity contribution in [3.63, 3.8) is 0 Å². The van der Waals surface area contributed by atoms with Gasteiger partial charge < -0.3 is 0 Å². The summed E-state index contributed by atoms with van der Waals surface area (Å²) < 4.78 is 0. The van der Waals surface area contributed by atoms with Crippen LogP contribution in [0.2, 0.25) is 0 Å². The van der Waals surface area contributed by atoms with Crippen molar-refractivity contribution in [3.8, 4) is 0 Å². The van der Waals surface area contributed by atoms with Crippen LogP contribution in [0.25, 0.3) is 0 Å². The minimum atomic E-state index is -0.407. The van der Waals surface area contributed by atoms with Crippen LogP contribution in [-0.4, -0.2) is 33.2 Å². The first kappa shape index (κ1) is 16.5. The van der Waals surface area contributed by atoms with Crippen molar-refractivity contribution in [2.24, 2.45) is 10.9 Å². The first-order chi connectivity index (χ1) is 10.4. The molecular weight excluding hydrogens is 302 g/mol. The molecule has 118 valence electrons. The molecule has 0 N–H and O–H groups in total. The number of hydrogen-bond donors (Lipinski definition) is 0. The van der Waals surface area contributed by atoms with E-state index in [1.165, 1.54) is 17.8 Å². The summed E-state index contributed by atoms with van der Waals surface area (Å²) in [6.45, 7) is 6.54. The maximum atomic E-state index is 12.0. The highest BCUT2D eigenvalue weighted by Crippen LogP contribution is 2.28. The van der Waals surface area contributed by atoms with Crippen LogP contribution >= 0.6 is 11.8 Å². The number of amides is 1. The van der Waals surface area contributed by atoms with Crippen molar-refractivity contribution in [1.29, 1.82) is 0 Å². The zero-order chi connectivity index (χ0) is 16.3. The van der Waals surface area contributed by atoms with Crippen LogP contribution in [0.3, 0.4) is 0 Å². The second kappa shape index (κ2) is 6.91. The fourth-order valence-corrected chi connectivity index (χ4v) is 3.04. The highest BCUT2D eigenvalue weighted by Gasteiger charge is 2.29. The zero-order valence-electron chi connectivity index (χ0n) is 12.9. The number of nitrogens with zero attached hydrogens (tertiary/aromatic N) is 3. The van der Waals surface area contributed by atoms with E-state index in [2.05, 4.69) is 18.8 Å². The standard InChI is InChI=1S/C15H19N3O3S/c1-4-10(2)8-17-14(19)9-22-15(17)16-12-5-6-13(18(20)21)11(3)7-12/h5-7,10H,4,8-9H2,1-3H3/b16-15-. The normalized spacial score (nSPS) is 18.0. The van der Waals surface area contributed by atoms with Crippen molar-refractivity contribution in [3.05, 3.63) is 33.9 Å². The lowest BCUT2D eigenvalue weighted by atomic mass is 10.1. The summed E-state index contributed by atoms with van der Waals surface area (Å²) in [5, 5.41) is 11.5. The molecule has 1 aromatic carbocycles. The Morgan fingerprint density at radius 3 is 2.82 bits per heavy atom. The van der Waals surface area contributed by atoms with Gasteiger partial charge in [0.1, 0.15) is 0 Å². The predicted molar refractivity (Wildman–Crippen MR) is 88.6 cm³/mol. The van der Waals surface area contributed by atoms with E-state index in [0.29, 0.717) is 34.6 Å². The lowest BCUT2D eigenvalue weighted by Crippen LogP contribution is -2.33. The van der Waals surface area contributed by atoms with Gasteiger partial charge in [-0.3, -0.25) is 19.8 Å². The fourth-order valence-electron chi connectivity index (χ4n) is 2.13. The first-order valence-electron chi connectivity index (χ1n) is 7.19. The van der Waals surface area contributed by atoms with E-state index in [4.69, 9.17) is 0 Å². The summed E-state index contributed by atoms with van der Waals surface area (Å²) in [6.07, 6.45) is 0.998. The quantitative estimate of drug-likeness (QED) is 0.614. The van der Waals surface area contributed by atoms with Gasteiger partial charge in [0.05, 0.1) is 16.4 Å². The topological polar surface area (TPSA) is 75.8 Å². The molecule has 0 bridgehead atoms. The summed E-state index contributed by atoms with van der Waals surface area (Å²) in [6, 6.07) is 4.74. The van der Waals surface area contributed by atoms with Gasteiger partial charge >= 0.3 is 0 Å². The fraction of sp³-hybridized carbons (Fsp3) is 0.467. The lowest BCUT2D eigenvalue weighted by molar-refractivity contribution is -0.385. The van der Waals surface area contributed by atoms with Gasteiger partial charge in [0, 0.05) is 18.2 Å². The largest absolute Gasteiger partial charge is 0.290 e. The number of rotatable bonds is 5. The molecule has 1 heterocycles. The van der Waals surface area contributed by atoms with Gasteiger partial charge in [-0.15, -0.1) is 0 Å². The molecule has 1 amide bonds. The Morgan fingerprint density at radius 2 is 2.23 bits per heavy atom. The van der Waals surface area contributed by atoms with Crippen LogP contribution in [0.4, 0.5) is 11.4 Å². The number of aryl methyl sites for hydroxylation is 1. The smallest absolute Gasteiger partial charge is 0.272 e. The van der Waals surface area contributed by atoms with Crippen molar-refractivity contribution < 1.29 is 9.72 Å². The van der Waals surface area contributed by atoms with E-state index in [-0.39, 0.29) is 11.6 Å². The van der Waals surface area contributed by atoms with Gasteiger partial charge in [0.2, 0.25) is 5.91 Å². The van der Waals surface area contributed by atoms with Crippen molar-refractivity contribution >= 4 is 34.2 Å². The maximum Gasteiger partial charge on any atom is 0.272 e. The number of amidine groups is 1. The number of carbonyl (C=O) groups is 1. The number of hydrogen-bond acceptors (Lipinski definition) is 5. The third-order valence-corrected chi connectivity index (χ3v) is 4.61. The third-order valence-electron chi connectivity index (χ3n) is 3.65. The van der Waals surface area contributed by atoms with Crippen molar-refractivity contribution in [2.45, 2.75) is 27.2 Å². The van der Waals surface area contributed by atoms with Gasteiger partial charge in [-0.25, -0.2) is 4.99 Å². The van der Waals surface area contributed by atoms with Crippen LogP contribution < -0.4 is 0 Å². The number of nitro groups is 1. The number of benzene rings is 1. The second-order valence-electron chi connectivity index (χ2n) is 5.43. The van der Waals surface area contributed by atoms with E-state index in [0.717, 1.165) is 6.42 Å². The molecule has 2 rings (SSSR count).